The first kappa shape index (κ1) is 24.1. The molecular formula is C25H39N5O2. The zero-order valence-corrected chi connectivity index (χ0v) is 19.6. The minimum absolute atomic E-state index is 0.137. The number of carbonyl (C=O) groups excluding carboxylic acids is 2. The van der Waals surface area contributed by atoms with Crippen LogP contribution in [0.4, 0.5) is 0 Å². The highest BCUT2D eigenvalue weighted by Crippen LogP contribution is 2.14. The average molecular weight is 442 g/mol. The summed E-state index contributed by atoms with van der Waals surface area (Å²) < 4.78 is 0. The second kappa shape index (κ2) is 13.1. The number of rotatable bonds is 8. The van der Waals surface area contributed by atoms with Crippen molar-refractivity contribution in [2.75, 3.05) is 39.3 Å². The minimum atomic E-state index is 0.137. The summed E-state index contributed by atoms with van der Waals surface area (Å²) in [5.41, 5.74) is 1.83. The SMILES string of the molecule is CCNC(=NCc1ccc(C(=O)N2CCCCC2)cc1)NCCCN1CCCCCC1=O. The zero-order chi connectivity index (χ0) is 22.6. The lowest BCUT2D eigenvalue weighted by atomic mass is 10.1. The van der Waals surface area contributed by atoms with Crippen LogP contribution in [0.3, 0.4) is 0 Å². The number of hydrogen-bond acceptors (Lipinski definition) is 3. The van der Waals surface area contributed by atoms with Crippen LogP contribution in [0.15, 0.2) is 29.3 Å². The molecule has 0 saturated carbocycles. The molecule has 1 aromatic carbocycles. The Morgan fingerprint density at radius 3 is 2.44 bits per heavy atom. The molecule has 7 heteroatoms. The van der Waals surface area contributed by atoms with Crippen molar-refractivity contribution in [2.45, 2.75) is 64.8 Å². The number of piperidine rings is 1. The number of nitrogens with zero attached hydrogens (tertiary/aromatic N) is 3. The van der Waals surface area contributed by atoms with E-state index in [-0.39, 0.29) is 5.91 Å². The molecule has 2 fully saturated rings. The highest BCUT2D eigenvalue weighted by Gasteiger charge is 2.18. The molecule has 2 saturated heterocycles. The van der Waals surface area contributed by atoms with Gasteiger partial charge in [-0.05, 0) is 63.1 Å². The van der Waals surface area contributed by atoms with Crippen LogP contribution in [0.5, 0.6) is 0 Å². The van der Waals surface area contributed by atoms with Crippen molar-refractivity contribution in [3.05, 3.63) is 35.4 Å². The van der Waals surface area contributed by atoms with Gasteiger partial charge in [-0.25, -0.2) is 4.99 Å². The van der Waals surface area contributed by atoms with Crippen molar-refractivity contribution >= 4 is 17.8 Å². The van der Waals surface area contributed by atoms with Gasteiger partial charge in [0, 0.05) is 51.3 Å². The van der Waals surface area contributed by atoms with Gasteiger partial charge in [0.1, 0.15) is 0 Å². The molecule has 0 spiro atoms. The second-order valence-electron chi connectivity index (χ2n) is 8.72. The highest BCUT2D eigenvalue weighted by atomic mass is 16.2. The van der Waals surface area contributed by atoms with Gasteiger partial charge >= 0.3 is 0 Å². The lowest BCUT2D eigenvalue weighted by Crippen LogP contribution is -2.39. The molecule has 176 valence electrons. The van der Waals surface area contributed by atoms with Crippen molar-refractivity contribution in [3.63, 3.8) is 0 Å². The monoisotopic (exact) mass is 441 g/mol. The van der Waals surface area contributed by atoms with Gasteiger partial charge in [-0.15, -0.1) is 0 Å². The predicted octanol–water partition coefficient (Wildman–Crippen LogP) is 3.16. The van der Waals surface area contributed by atoms with Crippen molar-refractivity contribution in [1.82, 2.24) is 20.4 Å². The van der Waals surface area contributed by atoms with E-state index in [0.717, 1.165) is 94.9 Å². The molecule has 0 aliphatic carbocycles. The smallest absolute Gasteiger partial charge is 0.253 e. The largest absolute Gasteiger partial charge is 0.357 e. The first-order valence-corrected chi connectivity index (χ1v) is 12.4. The molecule has 3 rings (SSSR count). The summed E-state index contributed by atoms with van der Waals surface area (Å²) in [4.78, 5) is 33.4. The summed E-state index contributed by atoms with van der Waals surface area (Å²) in [6.07, 6.45) is 8.33. The maximum absolute atomic E-state index is 12.6. The van der Waals surface area contributed by atoms with Crippen LogP contribution in [-0.2, 0) is 11.3 Å². The van der Waals surface area contributed by atoms with E-state index in [1.54, 1.807) is 0 Å². The summed E-state index contributed by atoms with van der Waals surface area (Å²) in [7, 11) is 0. The molecule has 2 aliphatic heterocycles. The fraction of sp³-hybridized carbons (Fsp3) is 0.640. The fourth-order valence-electron chi connectivity index (χ4n) is 4.30. The third-order valence-electron chi connectivity index (χ3n) is 6.18. The Hall–Kier alpha value is -2.57. The van der Waals surface area contributed by atoms with E-state index in [9.17, 15) is 9.59 Å². The molecular weight excluding hydrogens is 402 g/mol. The van der Waals surface area contributed by atoms with Gasteiger partial charge in [-0.2, -0.15) is 0 Å². The fourth-order valence-corrected chi connectivity index (χ4v) is 4.30. The van der Waals surface area contributed by atoms with Gasteiger partial charge in [-0.3, -0.25) is 9.59 Å². The summed E-state index contributed by atoms with van der Waals surface area (Å²) in [6.45, 7) is 7.61. The third-order valence-corrected chi connectivity index (χ3v) is 6.18. The molecule has 2 N–H and O–H groups in total. The van der Waals surface area contributed by atoms with Crippen LogP contribution in [-0.4, -0.2) is 66.8 Å². The number of hydrogen-bond donors (Lipinski definition) is 2. The van der Waals surface area contributed by atoms with Crippen LogP contribution in [0.1, 0.15) is 74.2 Å². The number of carbonyl (C=O) groups is 2. The van der Waals surface area contributed by atoms with Crippen molar-refractivity contribution in [3.8, 4) is 0 Å². The Bertz CT molecular complexity index is 756. The summed E-state index contributed by atoms with van der Waals surface area (Å²) in [5, 5.41) is 6.65. The van der Waals surface area contributed by atoms with E-state index in [0.29, 0.717) is 18.9 Å². The lowest BCUT2D eigenvalue weighted by Gasteiger charge is -2.26. The number of aliphatic imine (C=N–C) groups is 1. The summed E-state index contributed by atoms with van der Waals surface area (Å²) in [5.74, 6) is 1.21. The Balaban J connectivity index is 1.45. The normalized spacial score (nSPS) is 17.8. The molecule has 7 nitrogen and oxygen atoms in total. The number of guanidine groups is 1. The first-order valence-electron chi connectivity index (χ1n) is 12.4. The first-order chi connectivity index (χ1) is 15.7. The Morgan fingerprint density at radius 1 is 0.969 bits per heavy atom. The molecule has 1 aromatic rings. The Labute approximate surface area is 192 Å². The van der Waals surface area contributed by atoms with Crippen LogP contribution < -0.4 is 10.6 Å². The topological polar surface area (TPSA) is 77.0 Å². The van der Waals surface area contributed by atoms with Crippen LogP contribution in [0, 0.1) is 0 Å². The van der Waals surface area contributed by atoms with E-state index >= 15 is 0 Å². The van der Waals surface area contributed by atoms with Crippen molar-refractivity contribution in [2.24, 2.45) is 4.99 Å². The van der Waals surface area contributed by atoms with E-state index in [1.807, 2.05) is 41.0 Å². The molecule has 0 aromatic heterocycles. The third kappa shape index (κ3) is 7.53. The van der Waals surface area contributed by atoms with Crippen LogP contribution >= 0.6 is 0 Å². The van der Waals surface area contributed by atoms with E-state index in [2.05, 4.69) is 15.6 Å². The average Bonchev–Trinajstić information content (AvgIpc) is 3.04. The maximum Gasteiger partial charge on any atom is 0.253 e. The quantitative estimate of drug-likeness (QED) is 0.369. The second-order valence-corrected chi connectivity index (χ2v) is 8.72. The molecule has 2 aliphatic rings. The van der Waals surface area contributed by atoms with E-state index in [4.69, 9.17) is 0 Å². The predicted molar refractivity (Wildman–Crippen MR) is 129 cm³/mol. The summed E-state index contributed by atoms with van der Waals surface area (Å²) >= 11 is 0. The lowest BCUT2D eigenvalue weighted by molar-refractivity contribution is -0.130. The van der Waals surface area contributed by atoms with E-state index in [1.165, 1.54) is 6.42 Å². The molecule has 0 atom stereocenters. The van der Waals surface area contributed by atoms with Gasteiger partial charge in [-0.1, -0.05) is 18.6 Å². The van der Waals surface area contributed by atoms with Gasteiger partial charge in [0.2, 0.25) is 5.91 Å². The molecule has 2 amide bonds. The maximum atomic E-state index is 12.6. The highest BCUT2D eigenvalue weighted by molar-refractivity contribution is 5.94. The van der Waals surface area contributed by atoms with Gasteiger partial charge < -0.3 is 20.4 Å². The van der Waals surface area contributed by atoms with Crippen molar-refractivity contribution < 1.29 is 9.59 Å². The van der Waals surface area contributed by atoms with Gasteiger partial charge in [0.25, 0.3) is 5.91 Å². The van der Waals surface area contributed by atoms with Crippen molar-refractivity contribution in [1.29, 1.82) is 0 Å². The van der Waals surface area contributed by atoms with Crippen LogP contribution in [0.2, 0.25) is 0 Å². The van der Waals surface area contributed by atoms with E-state index < -0.39 is 0 Å². The Kier molecular flexibility index (Phi) is 9.85. The number of benzene rings is 1. The number of likely N-dealkylation sites (tertiary alicyclic amines) is 2. The zero-order valence-electron chi connectivity index (χ0n) is 19.6. The summed E-state index contributed by atoms with van der Waals surface area (Å²) in [6, 6.07) is 7.82. The number of nitrogens with one attached hydrogen (secondary N) is 2. The number of amides is 2. The van der Waals surface area contributed by atoms with Gasteiger partial charge in [0.15, 0.2) is 5.96 Å². The molecule has 0 unspecified atom stereocenters. The standard InChI is InChI=1S/C25H39N5O2/c1-2-26-25(27-15-9-19-29-16-6-3-5-10-23(29)31)28-20-21-11-13-22(14-12-21)24(32)30-17-7-4-8-18-30/h11-14H,2-10,15-20H2,1H3,(H2,26,27,28). The molecule has 0 bridgehead atoms. The minimum Gasteiger partial charge on any atom is -0.357 e. The van der Waals surface area contributed by atoms with Crippen LogP contribution in [0.25, 0.3) is 0 Å². The molecule has 2 heterocycles. The molecule has 32 heavy (non-hydrogen) atoms. The Morgan fingerprint density at radius 2 is 1.69 bits per heavy atom. The molecule has 0 radical (unpaired) electrons. The van der Waals surface area contributed by atoms with Gasteiger partial charge in [0.05, 0.1) is 6.54 Å².